The largest absolute Gasteiger partial charge is 0.347 e. The van der Waals surface area contributed by atoms with Crippen LogP contribution in [0.4, 0.5) is 0 Å². The number of benzene rings is 1. The van der Waals surface area contributed by atoms with Gasteiger partial charge in [0.2, 0.25) is 20.0 Å². The summed E-state index contributed by atoms with van der Waals surface area (Å²) in [4.78, 5) is 13.1. The summed E-state index contributed by atoms with van der Waals surface area (Å²) in [7, 11) is -7.17. The van der Waals surface area contributed by atoms with Crippen LogP contribution >= 0.6 is 11.3 Å². The van der Waals surface area contributed by atoms with Crippen molar-refractivity contribution in [2.75, 3.05) is 25.9 Å². The molecule has 1 N–H and O–H groups in total. The maximum absolute atomic E-state index is 13.3. The Morgan fingerprint density at radius 2 is 1.81 bits per heavy atom. The SMILES string of the molecule is CS(=O)(=O)N1CCCC(NC(=O)c2sccc2S(=O)(=O)N2CCc3ccccc3C2)C1. The van der Waals surface area contributed by atoms with Crippen LogP contribution in [-0.2, 0) is 33.0 Å². The predicted octanol–water partition coefficient (Wildman–Crippen LogP) is 1.65. The molecule has 0 saturated carbocycles. The third kappa shape index (κ3) is 4.70. The Balaban J connectivity index is 1.51. The highest BCUT2D eigenvalue weighted by molar-refractivity contribution is 7.89. The first-order valence-corrected chi connectivity index (χ1v) is 14.2. The van der Waals surface area contributed by atoms with Crippen molar-refractivity contribution in [3.63, 3.8) is 0 Å². The lowest BCUT2D eigenvalue weighted by molar-refractivity contribution is 0.0922. The molecule has 168 valence electrons. The molecule has 2 aliphatic rings. The van der Waals surface area contributed by atoms with Crippen molar-refractivity contribution in [3.8, 4) is 0 Å². The molecule has 31 heavy (non-hydrogen) atoms. The van der Waals surface area contributed by atoms with E-state index in [4.69, 9.17) is 0 Å². The third-order valence-electron chi connectivity index (χ3n) is 5.74. The molecule has 11 heteroatoms. The van der Waals surface area contributed by atoms with E-state index in [0.717, 1.165) is 28.7 Å². The van der Waals surface area contributed by atoms with Crippen molar-refractivity contribution in [3.05, 3.63) is 51.7 Å². The molecule has 1 aromatic heterocycles. The van der Waals surface area contributed by atoms with Gasteiger partial charge in [0.25, 0.3) is 5.91 Å². The number of sulfonamides is 2. The van der Waals surface area contributed by atoms with Gasteiger partial charge in [-0.15, -0.1) is 11.3 Å². The fourth-order valence-electron chi connectivity index (χ4n) is 4.09. The van der Waals surface area contributed by atoms with Crippen molar-refractivity contribution in [1.29, 1.82) is 0 Å². The molecule has 4 rings (SSSR count). The molecule has 0 aliphatic carbocycles. The lowest BCUT2D eigenvalue weighted by Gasteiger charge is -2.31. The average molecular weight is 484 g/mol. The molecule has 0 radical (unpaired) electrons. The summed E-state index contributed by atoms with van der Waals surface area (Å²) < 4.78 is 53.1. The molecular formula is C20H25N3O5S3. The lowest BCUT2D eigenvalue weighted by Crippen LogP contribution is -2.49. The van der Waals surface area contributed by atoms with E-state index >= 15 is 0 Å². The molecule has 2 aliphatic heterocycles. The summed E-state index contributed by atoms with van der Waals surface area (Å²) in [6, 6.07) is 8.89. The highest BCUT2D eigenvalue weighted by atomic mass is 32.2. The number of carbonyl (C=O) groups is 1. The molecule has 0 bridgehead atoms. The van der Waals surface area contributed by atoms with Crippen LogP contribution in [0, 0.1) is 0 Å². The predicted molar refractivity (Wildman–Crippen MR) is 119 cm³/mol. The monoisotopic (exact) mass is 483 g/mol. The molecule has 1 unspecified atom stereocenters. The van der Waals surface area contributed by atoms with Gasteiger partial charge in [-0.25, -0.2) is 21.1 Å². The van der Waals surface area contributed by atoms with Crippen LogP contribution in [0.15, 0.2) is 40.6 Å². The minimum atomic E-state index is -3.84. The number of thiophene rings is 1. The summed E-state index contributed by atoms with van der Waals surface area (Å²) in [5.74, 6) is -0.480. The van der Waals surface area contributed by atoms with Crippen LogP contribution < -0.4 is 5.32 Å². The second-order valence-corrected chi connectivity index (χ2v) is 12.7. The first kappa shape index (κ1) is 22.4. The zero-order valence-corrected chi connectivity index (χ0v) is 19.6. The van der Waals surface area contributed by atoms with Crippen LogP contribution in [0.25, 0.3) is 0 Å². The van der Waals surface area contributed by atoms with Gasteiger partial charge in [-0.2, -0.15) is 4.31 Å². The van der Waals surface area contributed by atoms with Gasteiger partial charge in [0.1, 0.15) is 9.77 Å². The molecule has 3 heterocycles. The molecule has 8 nitrogen and oxygen atoms in total. The summed E-state index contributed by atoms with van der Waals surface area (Å²) in [5.41, 5.74) is 2.12. The first-order chi connectivity index (χ1) is 14.7. The van der Waals surface area contributed by atoms with E-state index < -0.39 is 26.0 Å². The van der Waals surface area contributed by atoms with Gasteiger partial charge in [0.05, 0.1) is 6.26 Å². The Morgan fingerprint density at radius 3 is 2.55 bits per heavy atom. The Morgan fingerprint density at radius 1 is 1.06 bits per heavy atom. The van der Waals surface area contributed by atoms with Gasteiger partial charge >= 0.3 is 0 Å². The summed E-state index contributed by atoms with van der Waals surface area (Å²) >= 11 is 1.08. The topological polar surface area (TPSA) is 104 Å². The number of amides is 1. The molecule has 2 aromatic rings. The van der Waals surface area contributed by atoms with Gasteiger partial charge in [-0.1, -0.05) is 24.3 Å². The molecule has 1 fully saturated rings. The van der Waals surface area contributed by atoms with Crippen molar-refractivity contribution in [2.45, 2.75) is 36.7 Å². The summed E-state index contributed by atoms with van der Waals surface area (Å²) in [6.07, 6.45) is 3.07. The van der Waals surface area contributed by atoms with E-state index in [1.807, 2.05) is 24.3 Å². The number of rotatable bonds is 5. The Hall–Kier alpha value is -1.79. The second-order valence-electron chi connectivity index (χ2n) is 7.90. The van der Waals surface area contributed by atoms with Crippen molar-refractivity contribution < 1.29 is 21.6 Å². The quantitative estimate of drug-likeness (QED) is 0.697. The first-order valence-electron chi connectivity index (χ1n) is 10.1. The van der Waals surface area contributed by atoms with E-state index in [2.05, 4.69) is 5.32 Å². The van der Waals surface area contributed by atoms with E-state index in [9.17, 15) is 21.6 Å². The van der Waals surface area contributed by atoms with Crippen LogP contribution in [-0.4, -0.2) is 63.3 Å². The van der Waals surface area contributed by atoms with Crippen LogP contribution in [0.3, 0.4) is 0 Å². The number of nitrogens with one attached hydrogen (secondary N) is 1. The van der Waals surface area contributed by atoms with E-state index in [1.165, 1.54) is 14.7 Å². The van der Waals surface area contributed by atoms with Gasteiger partial charge in [0.15, 0.2) is 0 Å². The minimum Gasteiger partial charge on any atom is -0.347 e. The fraction of sp³-hybridized carbons (Fsp3) is 0.450. The summed E-state index contributed by atoms with van der Waals surface area (Å²) in [6.45, 7) is 1.27. The third-order valence-corrected chi connectivity index (χ3v) is 9.94. The number of piperidine rings is 1. The maximum Gasteiger partial charge on any atom is 0.263 e. The summed E-state index contributed by atoms with van der Waals surface area (Å²) in [5, 5.41) is 4.44. The highest BCUT2D eigenvalue weighted by Crippen LogP contribution is 2.29. The standard InChI is InChI=1S/C20H25N3O5S3/c1-30(25,26)22-10-4-7-17(14-22)21-20(24)19-18(9-12-29-19)31(27,28)23-11-8-15-5-2-3-6-16(15)13-23/h2-3,5-6,9,12,17H,4,7-8,10-11,13-14H2,1H3,(H,21,24). The molecular weight excluding hydrogens is 458 g/mol. The Bertz CT molecular complexity index is 1190. The average Bonchev–Trinajstić information content (AvgIpc) is 3.24. The molecule has 1 aromatic carbocycles. The highest BCUT2D eigenvalue weighted by Gasteiger charge is 2.34. The minimum absolute atomic E-state index is 0.00478. The number of nitrogens with zero attached hydrogens (tertiary/aromatic N) is 2. The zero-order chi connectivity index (χ0) is 22.2. The van der Waals surface area contributed by atoms with Gasteiger partial charge < -0.3 is 5.32 Å². The second kappa shape index (κ2) is 8.62. The maximum atomic E-state index is 13.3. The fourth-order valence-corrected chi connectivity index (χ4v) is 7.73. The van der Waals surface area contributed by atoms with Crippen molar-refractivity contribution in [2.24, 2.45) is 0 Å². The van der Waals surface area contributed by atoms with Gasteiger partial charge in [0, 0.05) is 32.2 Å². The number of carbonyl (C=O) groups excluding carboxylic acids is 1. The number of hydrogen-bond donors (Lipinski definition) is 1. The van der Waals surface area contributed by atoms with Crippen LogP contribution in [0.1, 0.15) is 33.6 Å². The number of hydrogen-bond acceptors (Lipinski definition) is 6. The normalized spacial score (nSPS) is 20.9. The molecule has 1 amide bonds. The van der Waals surface area contributed by atoms with Crippen LogP contribution in [0.5, 0.6) is 0 Å². The van der Waals surface area contributed by atoms with Crippen molar-refractivity contribution in [1.82, 2.24) is 13.9 Å². The molecule has 1 atom stereocenters. The number of fused-ring (bicyclic) bond motifs is 1. The van der Waals surface area contributed by atoms with Crippen LogP contribution in [0.2, 0.25) is 0 Å². The Kier molecular flexibility index (Phi) is 6.23. The van der Waals surface area contributed by atoms with Gasteiger partial charge in [-0.3, -0.25) is 4.79 Å². The Labute approximate surface area is 187 Å². The molecule has 1 saturated heterocycles. The van der Waals surface area contributed by atoms with E-state index in [-0.39, 0.29) is 28.9 Å². The lowest BCUT2D eigenvalue weighted by atomic mass is 10.0. The van der Waals surface area contributed by atoms with Gasteiger partial charge in [-0.05, 0) is 41.8 Å². The van der Waals surface area contributed by atoms with E-state index in [0.29, 0.717) is 32.4 Å². The zero-order valence-electron chi connectivity index (χ0n) is 17.2. The van der Waals surface area contributed by atoms with Crippen molar-refractivity contribution >= 4 is 37.3 Å². The molecule has 0 spiro atoms. The smallest absolute Gasteiger partial charge is 0.263 e. The van der Waals surface area contributed by atoms with E-state index in [1.54, 1.807) is 5.38 Å².